The number of fused-ring (bicyclic) bond motifs is 1. The lowest BCUT2D eigenvalue weighted by Gasteiger charge is -2.28. The van der Waals surface area contributed by atoms with Gasteiger partial charge in [0.25, 0.3) is 5.91 Å². The summed E-state index contributed by atoms with van der Waals surface area (Å²) < 4.78 is 46.6. The smallest absolute Gasteiger partial charge is 0.416 e. The van der Waals surface area contributed by atoms with Crippen molar-refractivity contribution in [2.45, 2.75) is 46.0 Å². The van der Waals surface area contributed by atoms with Crippen LogP contribution in [0, 0.1) is 0 Å². The summed E-state index contributed by atoms with van der Waals surface area (Å²) in [4.78, 5) is 23.2. The van der Waals surface area contributed by atoms with Gasteiger partial charge in [-0.1, -0.05) is 41.9 Å². The molecule has 236 valence electrons. The van der Waals surface area contributed by atoms with Crippen LogP contribution in [0.15, 0.2) is 84.0 Å². The number of carbonyl (C=O) groups excluding carboxylic acids is 1. The van der Waals surface area contributed by atoms with Gasteiger partial charge in [0.05, 0.1) is 36.9 Å². The predicted octanol–water partition coefficient (Wildman–Crippen LogP) is 8.10. The molecule has 0 aliphatic rings. The molecule has 4 aromatic carbocycles. The Balaban J connectivity index is 1.70. The van der Waals surface area contributed by atoms with Gasteiger partial charge in [-0.3, -0.25) is 14.6 Å². The molecule has 0 bridgehead atoms. The fraction of sp³-hybridized carbons (Fsp3) is 0.265. The minimum absolute atomic E-state index is 0.00528. The van der Waals surface area contributed by atoms with Gasteiger partial charge < -0.3 is 15.2 Å². The Morgan fingerprint density at radius 2 is 1.69 bits per heavy atom. The van der Waals surface area contributed by atoms with Gasteiger partial charge in [-0.05, 0) is 91.2 Å². The Bertz CT molecular complexity index is 1710. The van der Waals surface area contributed by atoms with Gasteiger partial charge in [-0.25, -0.2) is 0 Å². The first-order valence-corrected chi connectivity index (χ1v) is 14.7. The van der Waals surface area contributed by atoms with Crippen LogP contribution in [0.5, 0.6) is 5.75 Å². The number of carboxylic acids is 1. The second kappa shape index (κ2) is 14.5. The van der Waals surface area contributed by atoms with Crippen molar-refractivity contribution >= 4 is 40.0 Å². The Hall–Kier alpha value is -4.57. The average Bonchev–Trinajstić information content (AvgIpc) is 3.00. The summed E-state index contributed by atoms with van der Waals surface area (Å²) in [5.74, 6) is -1.12. The minimum atomic E-state index is -4.54. The van der Waals surface area contributed by atoms with Crippen LogP contribution in [0.2, 0.25) is 5.02 Å². The van der Waals surface area contributed by atoms with Crippen LogP contribution < -0.4 is 10.1 Å². The van der Waals surface area contributed by atoms with Gasteiger partial charge in [0, 0.05) is 22.7 Å². The molecule has 0 aromatic heterocycles. The number of carboxylic acid groups (broad SMARTS) is 1. The number of amides is 1. The highest BCUT2D eigenvalue weighted by atomic mass is 35.5. The molecular formula is C34H33ClF3N3O4. The summed E-state index contributed by atoms with van der Waals surface area (Å²) in [6.07, 6.45) is -4.73. The van der Waals surface area contributed by atoms with Crippen molar-refractivity contribution < 1.29 is 32.6 Å². The molecule has 0 fully saturated rings. The number of hydrogen-bond acceptors (Lipinski definition) is 5. The number of hydrogen-bond donors (Lipinski definition) is 2. The number of aliphatic carboxylic acids is 1. The Kier molecular flexibility index (Phi) is 10.7. The fourth-order valence-electron chi connectivity index (χ4n) is 4.80. The highest BCUT2D eigenvalue weighted by molar-refractivity contribution is 6.31. The number of ether oxygens (including phenoxy) is 1. The standard InChI is InChI=1S/C34H33ClF3N3O4/c1-4-45-31-14-12-28(34(36,37)38)19-30(31)21(2)40-41(20-23-5-6-27-18-29(35)13-11-26(27)17-23)22(3)24-7-9-25(10-8-24)33(44)39-16-15-32(42)43/h5-14,17-19,22H,4,15-16,20H2,1-3H3,(H,39,44)(H,42,43)/b40-21+. The molecule has 1 unspecified atom stereocenters. The third-order valence-electron chi connectivity index (χ3n) is 7.21. The zero-order valence-corrected chi connectivity index (χ0v) is 25.7. The molecule has 4 rings (SSSR count). The Morgan fingerprint density at radius 1 is 1.00 bits per heavy atom. The predicted molar refractivity (Wildman–Crippen MR) is 169 cm³/mol. The molecule has 7 nitrogen and oxygen atoms in total. The van der Waals surface area contributed by atoms with Crippen molar-refractivity contribution in [1.82, 2.24) is 10.3 Å². The molecule has 0 heterocycles. The van der Waals surface area contributed by atoms with Crippen LogP contribution in [0.3, 0.4) is 0 Å². The molecular weight excluding hydrogens is 607 g/mol. The number of alkyl halides is 3. The topological polar surface area (TPSA) is 91.2 Å². The van der Waals surface area contributed by atoms with Gasteiger partial charge in [0.1, 0.15) is 5.75 Å². The quantitative estimate of drug-likeness (QED) is 0.121. The molecule has 0 radical (unpaired) electrons. The van der Waals surface area contributed by atoms with E-state index in [0.717, 1.165) is 34.0 Å². The lowest BCUT2D eigenvalue weighted by molar-refractivity contribution is -0.138. The zero-order chi connectivity index (χ0) is 32.7. The average molecular weight is 640 g/mol. The molecule has 11 heteroatoms. The fourth-order valence-corrected chi connectivity index (χ4v) is 4.98. The Morgan fingerprint density at radius 3 is 2.36 bits per heavy atom. The van der Waals surface area contributed by atoms with E-state index in [1.165, 1.54) is 6.07 Å². The number of halogens is 4. The van der Waals surface area contributed by atoms with Gasteiger partial charge in [0.15, 0.2) is 0 Å². The van der Waals surface area contributed by atoms with Crippen molar-refractivity contribution in [1.29, 1.82) is 0 Å². The van der Waals surface area contributed by atoms with E-state index >= 15 is 0 Å². The molecule has 0 spiro atoms. The molecule has 1 atom stereocenters. The molecule has 0 aliphatic heterocycles. The van der Waals surface area contributed by atoms with Crippen LogP contribution in [0.4, 0.5) is 13.2 Å². The number of benzene rings is 4. The highest BCUT2D eigenvalue weighted by Crippen LogP contribution is 2.34. The lowest BCUT2D eigenvalue weighted by Crippen LogP contribution is -2.26. The van der Waals surface area contributed by atoms with E-state index < -0.39 is 23.6 Å². The zero-order valence-electron chi connectivity index (χ0n) is 25.0. The van der Waals surface area contributed by atoms with Crippen molar-refractivity contribution in [3.63, 3.8) is 0 Å². The molecule has 2 N–H and O–H groups in total. The number of hydrazone groups is 1. The van der Waals surface area contributed by atoms with E-state index in [2.05, 4.69) is 5.32 Å². The maximum absolute atomic E-state index is 13.6. The third-order valence-corrected chi connectivity index (χ3v) is 7.45. The maximum Gasteiger partial charge on any atom is 0.416 e. The van der Waals surface area contributed by atoms with Gasteiger partial charge in [-0.2, -0.15) is 18.3 Å². The van der Waals surface area contributed by atoms with Crippen molar-refractivity contribution in [3.05, 3.63) is 112 Å². The molecule has 45 heavy (non-hydrogen) atoms. The summed E-state index contributed by atoms with van der Waals surface area (Å²) in [6, 6.07) is 21.3. The summed E-state index contributed by atoms with van der Waals surface area (Å²) >= 11 is 6.15. The van der Waals surface area contributed by atoms with E-state index in [-0.39, 0.29) is 31.2 Å². The van der Waals surface area contributed by atoms with Crippen LogP contribution in [0.25, 0.3) is 10.8 Å². The van der Waals surface area contributed by atoms with Crippen molar-refractivity contribution in [2.24, 2.45) is 5.10 Å². The van der Waals surface area contributed by atoms with Crippen molar-refractivity contribution in [2.75, 3.05) is 13.2 Å². The SMILES string of the molecule is CCOc1ccc(C(F)(F)F)cc1/C(C)=N/N(Cc1ccc2cc(Cl)ccc2c1)C(C)c1ccc(C(=O)NCCC(=O)O)cc1. The largest absolute Gasteiger partial charge is 0.493 e. The van der Waals surface area contributed by atoms with Gasteiger partial charge in [-0.15, -0.1) is 0 Å². The summed E-state index contributed by atoms with van der Waals surface area (Å²) in [5.41, 5.74) is 1.83. The number of rotatable bonds is 12. The maximum atomic E-state index is 13.6. The number of nitrogens with zero attached hydrogens (tertiary/aromatic N) is 2. The first kappa shape index (κ1) is 33.3. The molecule has 0 aliphatic carbocycles. The minimum Gasteiger partial charge on any atom is -0.493 e. The van der Waals surface area contributed by atoms with E-state index in [1.807, 2.05) is 37.3 Å². The first-order chi connectivity index (χ1) is 21.3. The summed E-state index contributed by atoms with van der Waals surface area (Å²) in [5, 5.41) is 20.6. The van der Waals surface area contributed by atoms with Gasteiger partial charge >= 0.3 is 12.1 Å². The third kappa shape index (κ3) is 8.76. The molecule has 4 aromatic rings. The molecule has 1 amide bonds. The van der Waals surface area contributed by atoms with E-state index in [0.29, 0.717) is 28.6 Å². The highest BCUT2D eigenvalue weighted by Gasteiger charge is 2.31. The Labute approximate surface area is 264 Å². The lowest BCUT2D eigenvalue weighted by atomic mass is 10.0. The summed E-state index contributed by atoms with van der Waals surface area (Å²) in [6.45, 7) is 5.90. The van der Waals surface area contributed by atoms with E-state index in [1.54, 1.807) is 49.2 Å². The van der Waals surface area contributed by atoms with Crippen LogP contribution >= 0.6 is 11.6 Å². The van der Waals surface area contributed by atoms with Crippen LogP contribution in [-0.4, -0.2) is 40.9 Å². The van der Waals surface area contributed by atoms with Crippen LogP contribution in [0.1, 0.15) is 65.8 Å². The van der Waals surface area contributed by atoms with E-state index in [4.69, 9.17) is 26.5 Å². The van der Waals surface area contributed by atoms with Crippen molar-refractivity contribution in [3.8, 4) is 5.75 Å². The molecule has 0 saturated heterocycles. The van der Waals surface area contributed by atoms with E-state index in [9.17, 15) is 22.8 Å². The van der Waals surface area contributed by atoms with Gasteiger partial charge in [0.2, 0.25) is 0 Å². The second-order valence-corrected chi connectivity index (χ2v) is 10.9. The second-order valence-electron chi connectivity index (χ2n) is 10.4. The molecule has 0 saturated carbocycles. The normalized spacial score (nSPS) is 12.6. The summed E-state index contributed by atoms with van der Waals surface area (Å²) in [7, 11) is 0. The first-order valence-electron chi connectivity index (χ1n) is 14.3. The number of nitrogens with one attached hydrogen (secondary N) is 1. The van der Waals surface area contributed by atoms with Crippen LogP contribution in [-0.2, 0) is 17.5 Å². The number of carbonyl (C=O) groups is 2. The monoisotopic (exact) mass is 639 g/mol.